The van der Waals surface area contributed by atoms with Crippen molar-refractivity contribution >= 4 is 38.3 Å². The van der Waals surface area contributed by atoms with E-state index in [-0.39, 0.29) is 12.5 Å². The summed E-state index contributed by atoms with van der Waals surface area (Å²) in [6.07, 6.45) is 0. The Hall–Kier alpha value is -2.65. The molecule has 9 heteroatoms. The largest absolute Gasteiger partial charge is 0.493 e. The molecule has 0 radical (unpaired) electrons. The number of nitrogens with one attached hydrogen (secondary N) is 1. The first-order valence-corrected chi connectivity index (χ1v) is 9.44. The minimum absolute atomic E-state index is 0.269. The molecule has 1 amide bonds. The number of ether oxygens (including phenoxy) is 3. The normalized spacial score (nSPS) is 10.3. The van der Waals surface area contributed by atoms with Gasteiger partial charge in [0.15, 0.2) is 16.5 Å². The molecule has 0 aliphatic carbocycles. The van der Waals surface area contributed by atoms with Crippen LogP contribution in [0, 0.1) is 0 Å². The summed E-state index contributed by atoms with van der Waals surface area (Å²) in [7, 11) is 3.05. The van der Waals surface area contributed by atoms with E-state index in [1.165, 1.54) is 25.6 Å². The third-order valence-corrected chi connectivity index (χ3v) is 4.85. The van der Waals surface area contributed by atoms with Gasteiger partial charge in [-0.1, -0.05) is 27.3 Å². The van der Waals surface area contributed by atoms with Gasteiger partial charge in [0.05, 0.1) is 14.2 Å². The first kappa shape index (κ1) is 19.1. The molecular weight excluding hydrogens is 434 g/mol. The Kier molecular flexibility index (Phi) is 6.25. The molecule has 0 atom stereocenters. The molecule has 3 aromatic rings. The number of nitrogens with zero attached hydrogens (tertiary/aromatic N) is 2. The van der Waals surface area contributed by atoms with E-state index in [2.05, 4.69) is 31.4 Å². The second-order valence-electron chi connectivity index (χ2n) is 5.27. The number of hydrogen-bond acceptors (Lipinski definition) is 7. The van der Waals surface area contributed by atoms with E-state index in [1.54, 1.807) is 18.2 Å². The van der Waals surface area contributed by atoms with Gasteiger partial charge in [-0.15, -0.1) is 10.2 Å². The van der Waals surface area contributed by atoms with Crippen molar-refractivity contribution in [3.63, 3.8) is 0 Å². The first-order chi connectivity index (χ1) is 13.1. The Morgan fingerprint density at radius 3 is 2.52 bits per heavy atom. The summed E-state index contributed by atoms with van der Waals surface area (Å²) < 4.78 is 17.0. The molecule has 1 N–H and O–H groups in total. The zero-order chi connectivity index (χ0) is 19.2. The average Bonchev–Trinajstić information content (AvgIpc) is 3.14. The fourth-order valence-corrected chi connectivity index (χ4v) is 3.10. The van der Waals surface area contributed by atoms with E-state index in [1.807, 2.05) is 24.3 Å². The Balaban J connectivity index is 1.61. The van der Waals surface area contributed by atoms with E-state index in [0.717, 1.165) is 10.2 Å². The molecule has 0 fully saturated rings. The highest BCUT2D eigenvalue weighted by Crippen LogP contribution is 2.28. The molecule has 1 heterocycles. The highest BCUT2D eigenvalue weighted by atomic mass is 79.9. The van der Waals surface area contributed by atoms with Gasteiger partial charge in [0.1, 0.15) is 12.4 Å². The van der Waals surface area contributed by atoms with Crippen LogP contribution in [0.1, 0.15) is 15.4 Å². The quantitative estimate of drug-likeness (QED) is 0.583. The van der Waals surface area contributed by atoms with E-state index >= 15 is 0 Å². The number of anilines is 1. The van der Waals surface area contributed by atoms with Crippen LogP contribution < -0.4 is 19.5 Å². The van der Waals surface area contributed by atoms with Crippen LogP contribution >= 0.6 is 27.3 Å². The number of hydrogen-bond donors (Lipinski definition) is 1. The molecule has 140 valence electrons. The summed E-state index contributed by atoms with van der Waals surface area (Å²) in [5.41, 5.74) is 0.426. The second-order valence-corrected chi connectivity index (χ2v) is 7.25. The number of amides is 1. The van der Waals surface area contributed by atoms with Crippen molar-refractivity contribution in [3.05, 3.63) is 57.5 Å². The van der Waals surface area contributed by atoms with Crippen LogP contribution in [0.2, 0.25) is 0 Å². The molecule has 0 spiro atoms. The zero-order valence-electron chi connectivity index (χ0n) is 14.6. The van der Waals surface area contributed by atoms with Crippen molar-refractivity contribution in [2.75, 3.05) is 19.5 Å². The molecule has 0 aliphatic rings. The minimum atomic E-state index is -0.313. The Bertz CT molecular complexity index is 931. The Morgan fingerprint density at radius 1 is 1.07 bits per heavy atom. The molecular formula is C18H16BrN3O4S. The van der Waals surface area contributed by atoms with Crippen molar-refractivity contribution in [1.29, 1.82) is 0 Å². The number of halogens is 1. The Labute approximate surface area is 168 Å². The van der Waals surface area contributed by atoms with Gasteiger partial charge in [-0.2, -0.15) is 0 Å². The average molecular weight is 450 g/mol. The maximum absolute atomic E-state index is 12.4. The van der Waals surface area contributed by atoms with Crippen LogP contribution in [0.5, 0.6) is 17.2 Å². The summed E-state index contributed by atoms with van der Waals surface area (Å²) in [4.78, 5) is 12.4. The zero-order valence-corrected chi connectivity index (χ0v) is 17.0. The number of rotatable bonds is 7. The van der Waals surface area contributed by atoms with Gasteiger partial charge in [0.25, 0.3) is 5.91 Å². The fourth-order valence-electron chi connectivity index (χ4n) is 2.19. The summed E-state index contributed by atoms with van der Waals surface area (Å²) >= 11 is 4.62. The van der Waals surface area contributed by atoms with Crippen LogP contribution in [0.15, 0.2) is 46.9 Å². The second kappa shape index (κ2) is 8.83. The van der Waals surface area contributed by atoms with Crippen LogP contribution in [-0.4, -0.2) is 30.3 Å². The lowest BCUT2D eigenvalue weighted by Crippen LogP contribution is -2.12. The fraction of sp³-hybridized carbons (Fsp3) is 0.167. The highest BCUT2D eigenvalue weighted by molar-refractivity contribution is 9.10. The number of carbonyl (C=O) groups excluding carboxylic acids is 1. The number of methoxy groups -OCH3 is 2. The van der Waals surface area contributed by atoms with Crippen molar-refractivity contribution in [2.24, 2.45) is 0 Å². The van der Waals surface area contributed by atoms with Gasteiger partial charge in [-0.3, -0.25) is 10.1 Å². The van der Waals surface area contributed by atoms with Crippen LogP contribution in [0.25, 0.3) is 0 Å². The minimum Gasteiger partial charge on any atom is -0.493 e. The molecule has 3 rings (SSSR count). The van der Waals surface area contributed by atoms with E-state index in [0.29, 0.717) is 27.2 Å². The lowest BCUT2D eigenvalue weighted by atomic mass is 10.2. The van der Waals surface area contributed by atoms with Crippen molar-refractivity contribution in [3.8, 4) is 17.2 Å². The SMILES string of the molecule is COc1ccc(C(=O)Nc2nnc(COc3ccc(Br)cc3)s2)cc1OC. The van der Waals surface area contributed by atoms with Crippen molar-refractivity contribution in [2.45, 2.75) is 6.61 Å². The third kappa shape index (κ3) is 4.95. The predicted molar refractivity (Wildman–Crippen MR) is 106 cm³/mol. The molecule has 0 saturated carbocycles. The Morgan fingerprint density at radius 2 is 1.81 bits per heavy atom. The standard InChI is InChI=1S/C18H16BrN3O4S/c1-24-14-8-3-11(9-15(14)25-2)17(23)20-18-22-21-16(27-18)10-26-13-6-4-12(19)5-7-13/h3-9H,10H2,1-2H3,(H,20,22,23). The summed E-state index contributed by atoms with van der Waals surface area (Å²) in [6, 6.07) is 12.4. The van der Waals surface area contributed by atoms with Gasteiger partial charge in [-0.05, 0) is 42.5 Å². The van der Waals surface area contributed by atoms with Gasteiger partial charge in [0.2, 0.25) is 5.13 Å². The highest BCUT2D eigenvalue weighted by Gasteiger charge is 2.13. The summed E-state index contributed by atoms with van der Waals surface area (Å²) in [5.74, 6) is 1.44. The number of benzene rings is 2. The van der Waals surface area contributed by atoms with E-state index in [4.69, 9.17) is 14.2 Å². The molecule has 0 bridgehead atoms. The topological polar surface area (TPSA) is 82.6 Å². The first-order valence-electron chi connectivity index (χ1n) is 7.83. The lowest BCUT2D eigenvalue weighted by molar-refractivity contribution is 0.102. The van der Waals surface area contributed by atoms with Gasteiger partial charge < -0.3 is 14.2 Å². The summed E-state index contributed by atoms with van der Waals surface area (Å²) in [5, 5.41) is 11.8. The van der Waals surface area contributed by atoms with Gasteiger partial charge in [0, 0.05) is 10.0 Å². The maximum atomic E-state index is 12.4. The van der Waals surface area contributed by atoms with Gasteiger partial charge in [-0.25, -0.2) is 0 Å². The smallest absolute Gasteiger partial charge is 0.257 e. The van der Waals surface area contributed by atoms with Crippen LogP contribution in [-0.2, 0) is 6.61 Å². The van der Waals surface area contributed by atoms with Crippen LogP contribution in [0.3, 0.4) is 0 Å². The molecule has 0 aliphatic heterocycles. The van der Waals surface area contributed by atoms with E-state index < -0.39 is 0 Å². The molecule has 0 saturated heterocycles. The summed E-state index contributed by atoms with van der Waals surface area (Å²) in [6.45, 7) is 0.269. The van der Waals surface area contributed by atoms with Crippen molar-refractivity contribution in [1.82, 2.24) is 10.2 Å². The molecule has 27 heavy (non-hydrogen) atoms. The maximum Gasteiger partial charge on any atom is 0.257 e. The monoisotopic (exact) mass is 449 g/mol. The third-order valence-electron chi connectivity index (χ3n) is 3.51. The molecule has 1 aromatic heterocycles. The molecule has 2 aromatic carbocycles. The number of carbonyl (C=O) groups is 1. The molecule has 0 unspecified atom stereocenters. The number of aromatic nitrogens is 2. The lowest BCUT2D eigenvalue weighted by Gasteiger charge is -2.08. The molecule has 7 nitrogen and oxygen atoms in total. The van der Waals surface area contributed by atoms with E-state index in [9.17, 15) is 4.79 Å². The van der Waals surface area contributed by atoms with Crippen molar-refractivity contribution < 1.29 is 19.0 Å². The predicted octanol–water partition coefficient (Wildman–Crippen LogP) is 4.15. The van der Waals surface area contributed by atoms with Crippen LogP contribution in [0.4, 0.5) is 5.13 Å². The van der Waals surface area contributed by atoms with Gasteiger partial charge >= 0.3 is 0 Å².